The van der Waals surface area contributed by atoms with Gasteiger partial charge in [-0.05, 0) is 38.3 Å². The van der Waals surface area contributed by atoms with Crippen molar-refractivity contribution in [3.8, 4) is 0 Å². The number of hydrogen-bond acceptors (Lipinski definition) is 2. The van der Waals surface area contributed by atoms with E-state index in [0.717, 1.165) is 30.4 Å². The first-order valence-electron chi connectivity index (χ1n) is 7.89. The lowest BCUT2D eigenvalue weighted by Gasteiger charge is -2.27. The van der Waals surface area contributed by atoms with Gasteiger partial charge in [-0.2, -0.15) is 0 Å². The molecule has 1 fully saturated rings. The maximum Gasteiger partial charge on any atom is 0.239 e. The van der Waals surface area contributed by atoms with Crippen molar-refractivity contribution in [2.24, 2.45) is 0 Å². The fourth-order valence-corrected chi connectivity index (χ4v) is 3.56. The molecule has 1 unspecified atom stereocenters. The van der Waals surface area contributed by atoms with Gasteiger partial charge in [0.05, 0.1) is 6.04 Å². The first-order valence-corrected chi connectivity index (χ1v) is 8.68. The molecule has 1 heterocycles. The third-order valence-electron chi connectivity index (χ3n) is 4.16. The monoisotopic (exact) mass is 352 g/mol. The molecule has 0 saturated carbocycles. The molecule has 0 aliphatic carbocycles. The summed E-state index contributed by atoms with van der Waals surface area (Å²) in [5.41, 5.74) is 1.19. The molecule has 1 aliphatic rings. The number of nitrogens with one attached hydrogen (secondary N) is 1. The number of carbonyl (C=O) groups is 1. The Morgan fingerprint density at radius 2 is 1.76 bits per heavy atom. The maximum absolute atomic E-state index is 12.6. The van der Waals surface area contributed by atoms with Crippen LogP contribution in [0, 0.1) is 0 Å². The van der Waals surface area contributed by atoms with Crippen LogP contribution in [0.1, 0.15) is 51.1 Å². The highest BCUT2D eigenvalue weighted by Crippen LogP contribution is 2.23. The fraction of sp³-hybridized carbons (Fsp3) is 0.588. The van der Waals surface area contributed by atoms with Gasteiger partial charge in [-0.1, -0.05) is 47.0 Å². The second-order valence-electron chi connectivity index (χ2n) is 5.87. The molecule has 0 bridgehead atoms. The van der Waals surface area contributed by atoms with Crippen LogP contribution in [-0.4, -0.2) is 29.9 Å². The quantitative estimate of drug-likeness (QED) is 0.891. The van der Waals surface area contributed by atoms with Crippen molar-refractivity contribution in [1.29, 1.82) is 0 Å². The average Bonchev–Trinajstić information content (AvgIpc) is 2.75. The van der Waals surface area contributed by atoms with Crippen LogP contribution in [0.15, 0.2) is 28.7 Å². The molecule has 1 N–H and O–H groups in total. The van der Waals surface area contributed by atoms with Crippen LogP contribution in [0.4, 0.5) is 0 Å². The smallest absolute Gasteiger partial charge is 0.239 e. The number of halogens is 1. The largest absolute Gasteiger partial charge is 0.341 e. The maximum atomic E-state index is 12.6. The zero-order valence-corrected chi connectivity index (χ0v) is 14.5. The van der Waals surface area contributed by atoms with Crippen LogP contribution in [0.3, 0.4) is 0 Å². The van der Waals surface area contributed by atoms with Crippen molar-refractivity contribution in [3.05, 3.63) is 34.3 Å². The van der Waals surface area contributed by atoms with Crippen molar-refractivity contribution in [1.82, 2.24) is 10.2 Å². The van der Waals surface area contributed by atoms with Gasteiger partial charge in [0.1, 0.15) is 0 Å². The SMILES string of the molecule is CC(N[C@@H](C)c1ccccc1Br)C(=O)N1CCCCCC1. The van der Waals surface area contributed by atoms with Crippen molar-refractivity contribution in [2.75, 3.05) is 13.1 Å². The summed E-state index contributed by atoms with van der Waals surface area (Å²) in [7, 11) is 0. The van der Waals surface area contributed by atoms with Gasteiger partial charge in [-0.3, -0.25) is 10.1 Å². The molecule has 116 valence electrons. The Kier molecular flexibility index (Phi) is 6.24. The Morgan fingerprint density at radius 1 is 1.14 bits per heavy atom. The van der Waals surface area contributed by atoms with Gasteiger partial charge in [0.15, 0.2) is 0 Å². The molecular formula is C17H25BrN2O. The average molecular weight is 353 g/mol. The highest BCUT2D eigenvalue weighted by atomic mass is 79.9. The summed E-state index contributed by atoms with van der Waals surface area (Å²) in [6.45, 7) is 5.90. The molecule has 0 radical (unpaired) electrons. The third-order valence-corrected chi connectivity index (χ3v) is 4.88. The summed E-state index contributed by atoms with van der Waals surface area (Å²) >= 11 is 3.58. The van der Waals surface area contributed by atoms with Crippen LogP contribution in [0.5, 0.6) is 0 Å². The molecule has 21 heavy (non-hydrogen) atoms. The third kappa shape index (κ3) is 4.55. The molecule has 1 aromatic rings. The van der Waals surface area contributed by atoms with Crippen LogP contribution in [-0.2, 0) is 4.79 Å². The Morgan fingerprint density at radius 3 is 2.38 bits per heavy atom. The summed E-state index contributed by atoms with van der Waals surface area (Å²) < 4.78 is 1.08. The van der Waals surface area contributed by atoms with Crippen LogP contribution in [0.2, 0.25) is 0 Å². The number of carbonyl (C=O) groups excluding carboxylic acids is 1. The van der Waals surface area contributed by atoms with Gasteiger partial charge in [-0.15, -0.1) is 0 Å². The van der Waals surface area contributed by atoms with E-state index >= 15 is 0 Å². The number of benzene rings is 1. The lowest BCUT2D eigenvalue weighted by molar-refractivity contribution is -0.133. The van der Waals surface area contributed by atoms with E-state index in [9.17, 15) is 4.79 Å². The number of likely N-dealkylation sites (tertiary alicyclic amines) is 1. The molecule has 4 heteroatoms. The van der Waals surface area contributed by atoms with Gasteiger partial charge < -0.3 is 4.90 Å². The van der Waals surface area contributed by atoms with E-state index in [-0.39, 0.29) is 18.0 Å². The van der Waals surface area contributed by atoms with Crippen molar-refractivity contribution >= 4 is 21.8 Å². The normalized spacial score (nSPS) is 18.9. The van der Waals surface area contributed by atoms with Gasteiger partial charge in [-0.25, -0.2) is 0 Å². The van der Waals surface area contributed by atoms with Crippen molar-refractivity contribution in [3.63, 3.8) is 0 Å². The molecule has 1 aliphatic heterocycles. The predicted molar refractivity (Wildman–Crippen MR) is 90.2 cm³/mol. The highest BCUT2D eigenvalue weighted by Gasteiger charge is 2.23. The molecular weight excluding hydrogens is 328 g/mol. The first-order chi connectivity index (χ1) is 10.1. The Balaban J connectivity index is 1.95. The van der Waals surface area contributed by atoms with Gasteiger partial charge >= 0.3 is 0 Å². The van der Waals surface area contributed by atoms with E-state index in [1.165, 1.54) is 18.4 Å². The minimum Gasteiger partial charge on any atom is -0.341 e. The molecule has 0 spiro atoms. The van der Waals surface area contributed by atoms with E-state index in [2.05, 4.69) is 34.2 Å². The Labute approximate surface area is 136 Å². The van der Waals surface area contributed by atoms with Crippen LogP contribution < -0.4 is 5.32 Å². The zero-order chi connectivity index (χ0) is 15.2. The lowest BCUT2D eigenvalue weighted by atomic mass is 10.1. The number of nitrogens with zero attached hydrogens (tertiary/aromatic N) is 1. The second-order valence-corrected chi connectivity index (χ2v) is 6.73. The number of hydrogen-bond donors (Lipinski definition) is 1. The number of rotatable bonds is 4. The first kappa shape index (κ1) is 16.5. The molecule has 1 amide bonds. The topological polar surface area (TPSA) is 32.3 Å². The zero-order valence-electron chi connectivity index (χ0n) is 12.9. The van der Waals surface area contributed by atoms with Crippen LogP contribution in [0.25, 0.3) is 0 Å². The van der Waals surface area contributed by atoms with E-state index in [4.69, 9.17) is 0 Å². The molecule has 0 aromatic heterocycles. The van der Waals surface area contributed by atoms with E-state index in [1.807, 2.05) is 30.0 Å². The standard InChI is InChI=1S/C17H25BrN2O/c1-13(15-9-5-6-10-16(15)18)19-14(2)17(21)20-11-7-3-4-8-12-20/h5-6,9-10,13-14,19H,3-4,7-8,11-12H2,1-2H3/t13-,14?/m0/s1. The summed E-state index contributed by atoms with van der Waals surface area (Å²) in [5.74, 6) is 0.232. The van der Waals surface area contributed by atoms with Crippen LogP contribution >= 0.6 is 15.9 Å². The molecule has 1 aromatic carbocycles. The molecule has 2 rings (SSSR count). The van der Waals surface area contributed by atoms with Gasteiger partial charge in [0.2, 0.25) is 5.91 Å². The predicted octanol–water partition coefficient (Wildman–Crippen LogP) is 3.89. The fourth-order valence-electron chi connectivity index (χ4n) is 2.93. The minimum atomic E-state index is -0.148. The number of amides is 1. The highest BCUT2D eigenvalue weighted by molar-refractivity contribution is 9.10. The Hall–Kier alpha value is -0.870. The lowest BCUT2D eigenvalue weighted by Crippen LogP contribution is -2.46. The second kappa shape index (κ2) is 7.95. The van der Waals surface area contributed by atoms with E-state index in [0.29, 0.717) is 0 Å². The Bertz CT molecular complexity index is 470. The summed E-state index contributed by atoms with van der Waals surface area (Å²) in [5, 5.41) is 3.43. The summed E-state index contributed by atoms with van der Waals surface area (Å²) in [6, 6.07) is 8.16. The van der Waals surface area contributed by atoms with Crippen molar-refractivity contribution in [2.45, 2.75) is 51.6 Å². The van der Waals surface area contributed by atoms with E-state index in [1.54, 1.807) is 0 Å². The van der Waals surface area contributed by atoms with Crippen molar-refractivity contribution < 1.29 is 4.79 Å². The minimum absolute atomic E-state index is 0.145. The summed E-state index contributed by atoms with van der Waals surface area (Å²) in [4.78, 5) is 14.6. The molecule has 3 nitrogen and oxygen atoms in total. The molecule has 1 saturated heterocycles. The van der Waals surface area contributed by atoms with E-state index < -0.39 is 0 Å². The van der Waals surface area contributed by atoms with Gasteiger partial charge in [0.25, 0.3) is 0 Å². The van der Waals surface area contributed by atoms with Gasteiger partial charge in [0, 0.05) is 23.6 Å². The molecule has 2 atom stereocenters. The summed E-state index contributed by atoms with van der Waals surface area (Å²) in [6.07, 6.45) is 4.77.